The van der Waals surface area contributed by atoms with Gasteiger partial charge < -0.3 is 9.47 Å². The van der Waals surface area contributed by atoms with E-state index in [9.17, 15) is 9.59 Å². The molecule has 0 aliphatic rings. The van der Waals surface area contributed by atoms with Gasteiger partial charge in [0.05, 0.1) is 0 Å². The second-order valence-electron chi connectivity index (χ2n) is 5.21. The van der Waals surface area contributed by atoms with Crippen LogP contribution in [0.25, 0.3) is 0 Å². The van der Waals surface area contributed by atoms with Gasteiger partial charge in [0.2, 0.25) is 0 Å². The summed E-state index contributed by atoms with van der Waals surface area (Å²) in [6.45, 7) is 10.4. The van der Waals surface area contributed by atoms with Crippen molar-refractivity contribution in [2.24, 2.45) is 0 Å². The first kappa shape index (κ1) is 18.2. The third-order valence-electron chi connectivity index (χ3n) is 1.05. The van der Waals surface area contributed by atoms with Crippen LogP contribution in [0.1, 0.15) is 41.5 Å². The van der Waals surface area contributed by atoms with E-state index >= 15 is 0 Å². The molecule has 0 saturated carbocycles. The number of ether oxygens (including phenoxy) is 2. The Morgan fingerprint density at radius 2 is 1.06 bits per heavy atom. The fourth-order valence-corrected chi connectivity index (χ4v) is 0.759. The monoisotopic (exact) mass is 238 g/mol. The van der Waals surface area contributed by atoms with Crippen LogP contribution in [0, 0.1) is 6.42 Å². The first-order valence-corrected chi connectivity index (χ1v) is 4.80. The molecule has 0 saturated heterocycles. The number of esters is 2. The van der Waals surface area contributed by atoms with Crippen molar-refractivity contribution in [3.63, 3.8) is 0 Å². The summed E-state index contributed by atoms with van der Waals surface area (Å²) >= 11 is 0. The van der Waals surface area contributed by atoms with Gasteiger partial charge in [-0.2, -0.15) is 6.42 Å². The number of carbonyl (C=O) groups is 2. The molecule has 0 unspecified atom stereocenters. The molecule has 0 atom stereocenters. The first-order valence-electron chi connectivity index (χ1n) is 4.80. The molecular weight excluding hydrogens is 219 g/mol. The van der Waals surface area contributed by atoms with Gasteiger partial charge in [-0.15, -0.1) is 0 Å². The molecule has 0 N–H and O–H groups in total. The van der Waals surface area contributed by atoms with E-state index in [1.165, 1.54) is 0 Å². The van der Waals surface area contributed by atoms with Gasteiger partial charge in [-0.05, 0) is 41.5 Å². The van der Waals surface area contributed by atoms with Crippen LogP contribution in [0.15, 0.2) is 0 Å². The van der Waals surface area contributed by atoms with E-state index in [1.807, 2.05) is 0 Å². The van der Waals surface area contributed by atoms with Crippen LogP contribution in [0.5, 0.6) is 0 Å². The zero-order valence-corrected chi connectivity index (χ0v) is 13.2. The van der Waals surface area contributed by atoms with E-state index in [-0.39, 0.29) is 29.6 Å². The maximum Gasteiger partial charge on any atom is 1.00 e. The Kier molecular flexibility index (Phi) is 7.41. The molecule has 88 valence electrons. The summed E-state index contributed by atoms with van der Waals surface area (Å²) in [5, 5.41) is 0. The van der Waals surface area contributed by atoms with Crippen LogP contribution in [0.4, 0.5) is 0 Å². The molecule has 0 bridgehead atoms. The number of rotatable bonds is 2. The van der Waals surface area contributed by atoms with Crippen molar-refractivity contribution >= 4 is 11.9 Å². The van der Waals surface area contributed by atoms with Gasteiger partial charge in [-0.3, -0.25) is 9.59 Å². The summed E-state index contributed by atoms with van der Waals surface area (Å²) in [7, 11) is 0. The van der Waals surface area contributed by atoms with Crippen molar-refractivity contribution in [3.8, 4) is 0 Å². The van der Waals surface area contributed by atoms with E-state index in [4.69, 9.17) is 9.47 Å². The van der Waals surface area contributed by atoms with Gasteiger partial charge in [0.1, 0.15) is 11.2 Å². The summed E-state index contributed by atoms with van der Waals surface area (Å²) in [5.41, 5.74) is -1.20. The van der Waals surface area contributed by atoms with Crippen molar-refractivity contribution in [1.82, 2.24) is 0 Å². The largest absolute Gasteiger partial charge is 1.00 e. The molecule has 0 heterocycles. The minimum absolute atomic E-state index is 0. The number of hydrogen-bond donors (Lipinski definition) is 0. The molecule has 0 amide bonds. The summed E-state index contributed by atoms with van der Waals surface area (Å²) in [6, 6.07) is 0. The summed E-state index contributed by atoms with van der Waals surface area (Å²) < 4.78 is 9.86. The normalized spacial score (nSPS) is 11.1. The molecule has 0 fully saturated rings. The fraction of sp³-hybridized carbons (Fsp3) is 0.727. The molecule has 16 heavy (non-hydrogen) atoms. The quantitative estimate of drug-likeness (QED) is 0.265. The van der Waals surface area contributed by atoms with Crippen LogP contribution < -0.4 is 29.6 Å². The van der Waals surface area contributed by atoms with Gasteiger partial charge in [-0.25, -0.2) is 0 Å². The second kappa shape index (κ2) is 6.52. The Hall–Kier alpha value is -0.190. The second-order valence-corrected chi connectivity index (χ2v) is 5.21. The molecule has 5 heteroatoms. The topological polar surface area (TPSA) is 52.6 Å². The maximum atomic E-state index is 11.2. The van der Waals surface area contributed by atoms with E-state index in [1.54, 1.807) is 41.5 Å². The number of hydrogen-bond acceptors (Lipinski definition) is 4. The van der Waals surface area contributed by atoms with Crippen molar-refractivity contribution < 1.29 is 48.6 Å². The molecule has 0 aliphatic carbocycles. The smallest absolute Gasteiger partial charge is 0.482 e. The van der Waals surface area contributed by atoms with Crippen molar-refractivity contribution in [2.75, 3.05) is 0 Å². The molecule has 0 spiro atoms. The predicted molar refractivity (Wildman–Crippen MR) is 56.0 cm³/mol. The van der Waals surface area contributed by atoms with Gasteiger partial charge >= 0.3 is 29.6 Å². The average molecular weight is 238 g/mol. The molecule has 0 aromatic rings. The molecule has 4 nitrogen and oxygen atoms in total. The molecule has 0 aliphatic heterocycles. The molecular formula is C11H19NaO4. The van der Waals surface area contributed by atoms with Gasteiger partial charge in [0, 0.05) is 0 Å². The summed E-state index contributed by atoms with van der Waals surface area (Å²) in [6.07, 6.45) is 0.816. The van der Waals surface area contributed by atoms with E-state index < -0.39 is 23.1 Å². The van der Waals surface area contributed by atoms with E-state index in [0.717, 1.165) is 6.42 Å². The first-order chi connectivity index (χ1) is 6.49. The Labute approximate surface area is 119 Å². The Morgan fingerprint density at radius 1 is 0.812 bits per heavy atom. The average Bonchev–Trinajstić information content (AvgIpc) is 1.73. The Morgan fingerprint density at radius 3 is 1.25 bits per heavy atom. The number of carbonyl (C=O) groups excluding carboxylic acids is 2. The Balaban J connectivity index is 0. The molecule has 0 rings (SSSR count). The van der Waals surface area contributed by atoms with Crippen LogP contribution >= 0.6 is 0 Å². The molecule has 0 aromatic carbocycles. The molecule has 0 radical (unpaired) electrons. The minimum Gasteiger partial charge on any atom is -0.482 e. The minimum atomic E-state index is -0.684. The standard InChI is InChI=1S/C11H19O4.Na/c1-10(2,3)14-8(12)7-9(13)15-11(4,5)6;/h7H,1-6H3;/q-1;+1. The van der Waals surface area contributed by atoms with Crippen molar-refractivity contribution in [3.05, 3.63) is 6.42 Å². The third kappa shape index (κ3) is 11.9. The zero-order chi connectivity index (χ0) is 12.3. The van der Waals surface area contributed by atoms with Crippen molar-refractivity contribution in [1.29, 1.82) is 0 Å². The summed E-state index contributed by atoms with van der Waals surface area (Å²) in [5.74, 6) is -1.37. The zero-order valence-electron chi connectivity index (χ0n) is 11.2. The fourth-order valence-electron chi connectivity index (χ4n) is 0.759. The van der Waals surface area contributed by atoms with Crippen LogP contribution in [0.3, 0.4) is 0 Å². The van der Waals surface area contributed by atoms with Crippen LogP contribution in [-0.2, 0) is 19.1 Å². The van der Waals surface area contributed by atoms with Gasteiger partial charge in [0.25, 0.3) is 0 Å². The van der Waals surface area contributed by atoms with E-state index in [2.05, 4.69) is 0 Å². The van der Waals surface area contributed by atoms with Gasteiger partial charge in [-0.1, -0.05) is 0 Å². The SMILES string of the molecule is CC(C)(C)OC(=O)[CH-]C(=O)OC(C)(C)C.[Na+]. The van der Waals surface area contributed by atoms with Crippen LogP contribution in [0.2, 0.25) is 0 Å². The van der Waals surface area contributed by atoms with Crippen LogP contribution in [-0.4, -0.2) is 23.1 Å². The van der Waals surface area contributed by atoms with Gasteiger partial charge in [0.15, 0.2) is 11.9 Å². The molecule has 0 aromatic heterocycles. The van der Waals surface area contributed by atoms with Crippen molar-refractivity contribution in [2.45, 2.75) is 52.7 Å². The predicted octanol–water partition coefficient (Wildman–Crippen LogP) is -1.12. The van der Waals surface area contributed by atoms with E-state index in [0.29, 0.717) is 0 Å². The summed E-state index contributed by atoms with van der Waals surface area (Å²) in [4.78, 5) is 22.4. The Bertz CT molecular complexity index is 222. The maximum absolute atomic E-state index is 11.2. The third-order valence-corrected chi connectivity index (χ3v) is 1.05.